The Balaban J connectivity index is 3.53. The molecule has 0 atom stereocenters. The number of hydrogen-bond acceptors (Lipinski definition) is 3. The Bertz CT molecular complexity index is 254. The fourth-order valence-corrected chi connectivity index (χ4v) is 1.38. The number of carbonyl (C=O) groups excluding carboxylic acids is 3. The zero-order chi connectivity index (χ0) is 13.1. The maximum Gasteiger partial charge on any atom is 0.228 e. The van der Waals surface area contributed by atoms with Crippen molar-refractivity contribution in [2.45, 2.75) is 46.0 Å². The highest BCUT2D eigenvalue weighted by Crippen LogP contribution is 1.99. The first-order valence-corrected chi connectivity index (χ1v) is 6.17. The maximum absolute atomic E-state index is 11.2. The lowest BCUT2D eigenvalue weighted by atomic mass is 10.2. The molecule has 0 saturated heterocycles. The van der Waals surface area contributed by atoms with Crippen LogP contribution in [0.3, 0.4) is 0 Å². The summed E-state index contributed by atoms with van der Waals surface area (Å²) in [7, 11) is 0. The highest BCUT2D eigenvalue weighted by atomic mass is 16.2. The van der Waals surface area contributed by atoms with Gasteiger partial charge in [0, 0.05) is 25.9 Å². The number of rotatable bonds is 9. The van der Waals surface area contributed by atoms with Gasteiger partial charge in [0.25, 0.3) is 0 Å². The van der Waals surface area contributed by atoms with E-state index < -0.39 is 0 Å². The van der Waals surface area contributed by atoms with Crippen LogP contribution in [0, 0.1) is 0 Å². The second-order valence-electron chi connectivity index (χ2n) is 3.81. The molecule has 0 heterocycles. The maximum atomic E-state index is 11.2. The van der Waals surface area contributed by atoms with Crippen molar-refractivity contribution in [3.05, 3.63) is 0 Å². The molecule has 3 amide bonds. The van der Waals surface area contributed by atoms with Crippen molar-refractivity contribution in [2.24, 2.45) is 0 Å². The van der Waals surface area contributed by atoms with E-state index in [1.54, 1.807) is 6.92 Å². The van der Waals surface area contributed by atoms with Gasteiger partial charge < -0.3 is 5.32 Å². The minimum absolute atomic E-state index is 0.0562. The second-order valence-corrected chi connectivity index (χ2v) is 3.81. The average molecular weight is 242 g/mol. The molecule has 0 aromatic heterocycles. The zero-order valence-corrected chi connectivity index (χ0v) is 10.7. The molecule has 0 bridgehead atoms. The third-order valence-corrected chi connectivity index (χ3v) is 2.47. The van der Waals surface area contributed by atoms with Crippen LogP contribution in [0.4, 0.5) is 0 Å². The van der Waals surface area contributed by atoms with E-state index in [2.05, 4.69) is 5.32 Å². The smallest absolute Gasteiger partial charge is 0.228 e. The van der Waals surface area contributed by atoms with E-state index in [-0.39, 0.29) is 11.8 Å². The van der Waals surface area contributed by atoms with Gasteiger partial charge in [0.2, 0.25) is 18.2 Å². The van der Waals surface area contributed by atoms with Gasteiger partial charge in [0.05, 0.1) is 0 Å². The highest BCUT2D eigenvalue weighted by Gasteiger charge is 2.08. The van der Waals surface area contributed by atoms with Gasteiger partial charge in [0.1, 0.15) is 0 Å². The van der Waals surface area contributed by atoms with Crippen molar-refractivity contribution >= 4 is 18.2 Å². The summed E-state index contributed by atoms with van der Waals surface area (Å²) in [5, 5.41) is 2.78. The molecule has 0 saturated carbocycles. The summed E-state index contributed by atoms with van der Waals surface area (Å²) in [6.45, 7) is 4.68. The Morgan fingerprint density at radius 3 is 2.35 bits per heavy atom. The van der Waals surface area contributed by atoms with Crippen molar-refractivity contribution in [3.8, 4) is 0 Å². The molecule has 5 nitrogen and oxygen atoms in total. The van der Waals surface area contributed by atoms with Crippen molar-refractivity contribution in [1.29, 1.82) is 0 Å². The minimum Gasteiger partial charge on any atom is -0.356 e. The summed E-state index contributed by atoms with van der Waals surface area (Å²) < 4.78 is 0. The summed E-state index contributed by atoms with van der Waals surface area (Å²) >= 11 is 0. The van der Waals surface area contributed by atoms with Gasteiger partial charge in [-0.05, 0) is 19.3 Å². The van der Waals surface area contributed by atoms with E-state index in [4.69, 9.17) is 0 Å². The number of imide groups is 1. The number of unbranched alkanes of at least 4 members (excludes halogenated alkanes) is 2. The summed E-state index contributed by atoms with van der Waals surface area (Å²) in [5.74, 6) is -0.0834. The Kier molecular flexibility index (Phi) is 9.01. The molecule has 0 aliphatic heterocycles. The Morgan fingerprint density at radius 2 is 1.82 bits per heavy atom. The molecule has 0 spiro atoms. The lowest BCUT2D eigenvalue weighted by molar-refractivity contribution is -0.137. The van der Waals surface area contributed by atoms with Crippen LogP contribution < -0.4 is 5.32 Å². The van der Waals surface area contributed by atoms with Gasteiger partial charge in [-0.25, -0.2) is 0 Å². The number of carbonyl (C=O) groups is 3. The Hall–Kier alpha value is -1.39. The third kappa shape index (κ3) is 7.49. The molecule has 0 fully saturated rings. The molecule has 0 aliphatic carbocycles. The fraction of sp³-hybridized carbons (Fsp3) is 0.750. The molecule has 0 unspecified atom stereocenters. The number of amides is 3. The first-order chi connectivity index (χ1) is 8.15. The number of nitrogens with zero attached hydrogens (tertiary/aromatic N) is 1. The number of hydrogen-bond donors (Lipinski definition) is 1. The van der Waals surface area contributed by atoms with Gasteiger partial charge in [-0.3, -0.25) is 19.3 Å². The van der Waals surface area contributed by atoms with E-state index in [9.17, 15) is 14.4 Å². The van der Waals surface area contributed by atoms with Crippen LogP contribution in [-0.4, -0.2) is 36.2 Å². The third-order valence-electron chi connectivity index (χ3n) is 2.47. The normalized spacial score (nSPS) is 9.76. The lowest BCUT2D eigenvalue weighted by Crippen LogP contribution is -2.30. The van der Waals surface area contributed by atoms with Crippen LogP contribution >= 0.6 is 0 Å². The number of nitrogens with one attached hydrogen (secondary N) is 1. The van der Waals surface area contributed by atoms with Gasteiger partial charge >= 0.3 is 0 Å². The van der Waals surface area contributed by atoms with Crippen molar-refractivity contribution in [2.75, 3.05) is 13.1 Å². The first kappa shape index (κ1) is 15.6. The molecule has 0 radical (unpaired) electrons. The molecule has 5 heteroatoms. The topological polar surface area (TPSA) is 66.5 Å². The molecule has 0 aliphatic rings. The zero-order valence-electron chi connectivity index (χ0n) is 10.7. The summed E-state index contributed by atoms with van der Waals surface area (Å²) in [5.41, 5.74) is 0. The Morgan fingerprint density at radius 1 is 1.12 bits per heavy atom. The molecular formula is C12H22N2O3. The SMILES string of the molecule is CCC(=O)NCCCCCN(C=O)C(=O)CC. The van der Waals surface area contributed by atoms with Crippen LogP contribution in [0.5, 0.6) is 0 Å². The van der Waals surface area contributed by atoms with Crippen LogP contribution in [0.25, 0.3) is 0 Å². The summed E-state index contributed by atoms with van der Waals surface area (Å²) in [6.07, 6.45) is 4.00. The molecule has 98 valence electrons. The average Bonchev–Trinajstić information content (AvgIpc) is 2.36. The van der Waals surface area contributed by atoms with E-state index in [1.165, 1.54) is 4.90 Å². The fourth-order valence-electron chi connectivity index (χ4n) is 1.38. The largest absolute Gasteiger partial charge is 0.356 e. The van der Waals surface area contributed by atoms with Gasteiger partial charge in [-0.1, -0.05) is 13.8 Å². The Labute approximate surface area is 103 Å². The van der Waals surface area contributed by atoms with Gasteiger partial charge in [-0.15, -0.1) is 0 Å². The molecule has 0 aromatic carbocycles. The molecule has 0 rings (SSSR count). The van der Waals surface area contributed by atoms with E-state index in [1.807, 2.05) is 6.92 Å². The molecule has 1 N–H and O–H groups in total. The molecule has 17 heavy (non-hydrogen) atoms. The standard InChI is InChI=1S/C12H22N2O3/c1-3-11(16)13-8-6-5-7-9-14(10-15)12(17)4-2/h10H,3-9H2,1-2H3,(H,13,16). The van der Waals surface area contributed by atoms with Crippen LogP contribution in [0.1, 0.15) is 46.0 Å². The second kappa shape index (κ2) is 9.81. The van der Waals surface area contributed by atoms with E-state index in [0.29, 0.717) is 32.3 Å². The van der Waals surface area contributed by atoms with Crippen molar-refractivity contribution < 1.29 is 14.4 Å². The van der Waals surface area contributed by atoms with Gasteiger partial charge in [0.15, 0.2) is 0 Å². The molecule has 0 aromatic rings. The van der Waals surface area contributed by atoms with Crippen LogP contribution in [0.15, 0.2) is 0 Å². The quantitative estimate of drug-likeness (QED) is 0.486. The predicted octanol–water partition coefficient (Wildman–Crippen LogP) is 1.08. The molecular weight excluding hydrogens is 220 g/mol. The predicted molar refractivity (Wildman–Crippen MR) is 65.2 cm³/mol. The highest BCUT2D eigenvalue weighted by molar-refractivity contribution is 5.85. The lowest BCUT2D eigenvalue weighted by Gasteiger charge is -2.14. The van der Waals surface area contributed by atoms with Crippen LogP contribution in [0.2, 0.25) is 0 Å². The van der Waals surface area contributed by atoms with Gasteiger partial charge in [-0.2, -0.15) is 0 Å². The summed E-state index contributed by atoms with van der Waals surface area (Å²) in [6, 6.07) is 0. The van der Waals surface area contributed by atoms with E-state index >= 15 is 0 Å². The van der Waals surface area contributed by atoms with Crippen molar-refractivity contribution in [1.82, 2.24) is 10.2 Å². The monoisotopic (exact) mass is 242 g/mol. The van der Waals surface area contributed by atoms with Crippen LogP contribution in [-0.2, 0) is 14.4 Å². The van der Waals surface area contributed by atoms with Crippen molar-refractivity contribution in [3.63, 3.8) is 0 Å². The summed E-state index contributed by atoms with van der Waals surface area (Å²) in [4.78, 5) is 34.0. The first-order valence-electron chi connectivity index (χ1n) is 6.17. The minimum atomic E-state index is -0.140. The van der Waals surface area contributed by atoms with E-state index in [0.717, 1.165) is 19.3 Å².